The first-order valence-corrected chi connectivity index (χ1v) is 6.63. The van der Waals surface area contributed by atoms with E-state index < -0.39 is 6.04 Å². The van der Waals surface area contributed by atoms with Gasteiger partial charge in [0.1, 0.15) is 11.2 Å². The molecule has 0 saturated carbocycles. The van der Waals surface area contributed by atoms with Gasteiger partial charge in [0, 0.05) is 19.8 Å². The van der Waals surface area contributed by atoms with Crippen LogP contribution < -0.4 is 5.32 Å². The number of rotatable bonds is 2. The van der Waals surface area contributed by atoms with E-state index in [2.05, 4.69) is 10.3 Å². The second-order valence-electron chi connectivity index (χ2n) is 4.26. The van der Waals surface area contributed by atoms with Crippen molar-refractivity contribution < 1.29 is 9.59 Å². The van der Waals surface area contributed by atoms with Crippen molar-refractivity contribution in [2.45, 2.75) is 18.9 Å². The first-order chi connectivity index (χ1) is 9.04. The molecular weight excluding hydrogens is 289 g/mol. The van der Waals surface area contributed by atoms with E-state index in [9.17, 15) is 9.59 Å². The van der Waals surface area contributed by atoms with Crippen LogP contribution in [0, 0.1) is 0 Å². The van der Waals surface area contributed by atoms with Gasteiger partial charge in [-0.1, -0.05) is 23.2 Å². The average molecular weight is 302 g/mol. The van der Waals surface area contributed by atoms with Crippen molar-refractivity contribution >= 4 is 35.0 Å². The maximum Gasteiger partial charge on any atom is 0.256 e. The average Bonchev–Trinajstić information content (AvgIpc) is 2.89. The first kappa shape index (κ1) is 14.1. The molecular formula is C12H13Cl2N3O2. The highest BCUT2D eigenvalue weighted by Crippen LogP contribution is 2.25. The number of pyridine rings is 1. The summed E-state index contributed by atoms with van der Waals surface area (Å²) in [7, 11) is 1.56. The highest BCUT2D eigenvalue weighted by atomic mass is 35.5. The Kier molecular flexibility index (Phi) is 4.27. The molecule has 0 aromatic carbocycles. The second kappa shape index (κ2) is 5.75. The number of nitrogens with zero attached hydrogens (tertiary/aromatic N) is 2. The lowest BCUT2D eigenvalue weighted by Gasteiger charge is -2.23. The summed E-state index contributed by atoms with van der Waals surface area (Å²) in [6.45, 7) is 0.535. The van der Waals surface area contributed by atoms with Gasteiger partial charge < -0.3 is 10.2 Å². The topological polar surface area (TPSA) is 62.3 Å². The van der Waals surface area contributed by atoms with E-state index in [0.29, 0.717) is 13.0 Å². The molecule has 1 unspecified atom stereocenters. The molecule has 102 valence electrons. The Labute approximate surface area is 120 Å². The number of hydrogen-bond donors (Lipinski definition) is 1. The summed E-state index contributed by atoms with van der Waals surface area (Å²) in [6.07, 6.45) is 2.78. The van der Waals surface area contributed by atoms with Gasteiger partial charge >= 0.3 is 0 Å². The molecule has 1 aromatic rings. The fraction of sp³-hybridized carbons (Fsp3) is 0.417. The predicted octanol–water partition coefficient (Wildman–Crippen LogP) is 1.74. The molecule has 2 rings (SSSR count). The number of likely N-dealkylation sites (tertiary alicyclic amines) is 1. The van der Waals surface area contributed by atoms with E-state index in [0.717, 1.165) is 6.42 Å². The van der Waals surface area contributed by atoms with Gasteiger partial charge in [0.05, 0.1) is 10.6 Å². The molecule has 1 N–H and O–H groups in total. The molecule has 19 heavy (non-hydrogen) atoms. The third-order valence-corrected chi connectivity index (χ3v) is 3.62. The Hall–Kier alpha value is -1.33. The zero-order valence-corrected chi connectivity index (χ0v) is 11.8. The molecule has 5 nitrogen and oxygen atoms in total. The third kappa shape index (κ3) is 2.82. The molecule has 1 aromatic heterocycles. The zero-order valence-electron chi connectivity index (χ0n) is 10.3. The summed E-state index contributed by atoms with van der Waals surface area (Å²) in [4.78, 5) is 29.5. The monoisotopic (exact) mass is 301 g/mol. The van der Waals surface area contributed by atoms with Gasteiger partial charge in [-0.25, -0.2) is 4.98 Å². The van der Waals surface area contributed by atoms with Crippen LogP contribution in [0.15, 0.2) is 12.3 Å². The summed E-state index contributed by atoms with van der Waals surface area (Å²) in [5, 5.41) is 3.00. The Bertz CT molecular complexity index is 522. The third-order valence-electron chi connectivity index (χ3n) is 3.12. The van der Waals surface area contributed by atoms with E-state index >= 15 is 0 Å². The molecule has 2 heterocycles. The molecule has 0 spiro atoms. The molecule has 1 atom stereocenters. The van der Waals surface area contributed by atoms with Crippen molar-refractivity contribution in [2.24, 2.45) is 0 Å². The molecule has 7 heteroatoms. The molecule has 1 saturated heterocycles. The van der Waals surface area contributed by atoms with Gasteiger partial charge in [-0.2, -0.15) is 0 Å². The Morgan fingerprint density at radius 2 is 2.21 bits per heavy atom. The van der Waals surface area contributed by atoms with Crippen molar-refractivity contribution in [1.82, 2.24) is 15.2 Å². The lowest BCUT2D eigenvalue weighted by molar-refractivity contribution is -0.124. The van der Waals surface area contributed by atoms with Crippen molar-refractivity contribution in [1.29, 1.82) is 0 Å². The van der Waals surface area contributed by atoms with Crippen molar-refractivity contribution in [3.8, 4) is 0 Å². The van der Waals surface area contributed by atoms with E-state index in [1.165, 1.54) is 17.2 Å². The summed E-state index contributed by atoms with van der Waals surface area (Å²) in [6, 6.07) is 0.978. The quantitative estimate of drug-likeness (QED) is 0.846. The largest absolute Gasteiger partial charge is 0.357 e. The fourth-order valence-corrected chi connectivity index (χ4v) is 2.52. The number of halogens is 2. The standard InChI is InChI=1S/C12H13Cl2N3O2/c1-15-11(18)9-3-2-4-17(9)12(19)7-5-10(14)16-6-8(7)13/h5-6,9H,2-4H2,1H3,(H,15,18). The van der Waals surface area contributed by atoms with Gasteiger partial charge in [-0.3, -0.25) is 9.59 Å². The van der Waals surface area contributed by atoms with Gasteiger partial charge in [0.15, 0.2) is 0 Å². The van der Waals surface area contributed by atoms with Crippen LogP contribution in [0.4, 0.5) is 0 Å². The van der Waals surface area contributed by atoms with Crippen LogP contribution in [0.2, 0.25) is 10.2 Å². The summed E-state index contributed by atoms with van der Waals surface area (Å²) < 4.78 is 0. The van der Waals surface area contributed by atoms with Crippen LogP contribution in [-0.4, -0.2) is 41.3 Å². The number of carbonyl (C=O) groups excluding carboxylic acids is 2. The van der Waals surface area contributed by atoms with Crippen molar-refractivity contribution in [2.75, 3.05) is 13.6 Å². The SMILES string of the molecule is CNC(=O)C1CCCN1C(=O)c1cc(Cl)ncc1Cl. The van der Waals surface area contributed by atoms with E-state index in [4.69, 9.17) is 23.2 Å². The van der Waals surface area contributed by atoms with Crippen LogP contribution in [0.5, 0.6) is 0 Å². The lowest BCUT2D eigenvalue weighted by Crippen LogP contribution is -2.45. The van der Waals surface area contributed by atoms with Crippen LogP contribution in [-0.2, 0) is 4.79 Å². The maximum atomic E-state index is 12.4. The fourth-order valence-electron chi connectivity index (χ4n) is 2.18. The molecule has 0 radical (unpaired) electrons. The highest BCUT2D eigenvalue weighted by Gasteiger charge is 2.34. The summed E-state index contributed by atoms with van der Waals surface area (Å²) in [5.74, 6) is -0.456. The Morgan fingerprint density at radius 1 is 1.47 bits per heavy atom. The van der Waals surface area contributed by atoms with E-state index in [1.54, 1.807) is 7.05 Å². The van der Waals surface area contributed by atoms with Crippen LogP contribution in [0.3, 0.4) is 0 Å². The van der Waals surface area contributed by atoms with Gasteiger partial charge in [-0.05, 0) is 18.9 Å². The normalized spacial score (nSPS) is 18.5. The molecule has 1 fully saturated rings. The highest BCUT2D eigenvalue weighted by molar-refractivity contribution is 6.35. The van der Waals surface area contributed by atoms with Gasteiger partial charge in [0.2, 0.25) is 5.91 Å². The summed E-state index contributed by atoms with van der Waals surface area (Å²) >= 11 is 11.7. The maximum absolute atomic E-state index is 12.4. The predicted molar refractivity (Wildman–Crippen MR) is 72.4 cm³/mol. The van der Waals surface area contributed by atoms with Crippen molar-refractivity contribution in [3.05, 3.63) is 28.0 Å². The van der Waals surface area contributed by atoms with Crippen LogP contribution in [0.25, 0.3) is 0 Å². The lowest BCUT2D eigenvalue weighted by atomic mass is 10.2. The Morgan fingerprint density at radius 3 is 2.89 bits per heavy atom. The minimum absolute atomic E-state index is 0.165. The van der Waals surface area contributed by atoms with E-state index in [1.807, 2.05) is 0 Å². The van der Waals surface area contributed by atoms with Crippen LogP contribution >= 0.6 is 23.2 Å². The smallest absolute Gasteiger partial charge is 0.256 e. The Balaban J connectivity index is 2.28. The number of likely N-dealkylation sites (N-methyl/N-ethyl adjacent to an activating group) is 1. The number of amides is 2. The number of hydrogen-bond acceptors (Lipinski definition) is 3. The molecule has 0 aliphatic carbocycles. The minimum atomic E-state index is -0.444. The summed E-state index contributed by atoms with van der Waals surface area (Å²) in [5.41, 5.74) is 0.275. The van der Waals surface area contributed by atoms with Crippen molar-refractivity contribution in [3.63, 3.8) is 0 Å². The van der Waals surface area contributed by atoms with E-state index in [-0.39, 0.29) is 27.6 Å². The second-order valence-corrected chi connectivity index (χ2v) is 5.05. The molecule has 1 aliphatic rings. The molecule has 1 aliphatic heterocycles. The number of carbonyl (C=O) groups is 2. The van der Waals surface area contributed by atoms with Gasteiger partial charge in [0.25, 0.3) is 5.91 Å². The zero-order chi connectivity index (χ0) is 14.0. The first-order valence-electron chi connectivity index (χ1n) is 5.88. The van der Waals surface area contributed by atoms with Crippen LogP contribution in [0.1, 0.15) is 23.2 Å². The number of aromatic nitrogens is 1. The van der Waals surface area contributed by atoms with Gasteiger partial charge in [-0.15, -0.1) is 0 Å². The molecule has 2 amide bonds. The molecule has 0 bridgehead atoms. The minimum Gasteiger partial charge on any atom is -0.357 e. The number of nitrogens with one attached hydrogen (secondary N) is 1.